The molecule has 1 saturated heterocycles. The Morgan fingerprint density at radius 2 is 2.00 bits per heavy atom. The van der Waals surface area contributed by atoms with Crippen molar-refractivity contribution in [1.29, 1.82) is 0 Å². The molecule has 1 unspecified atom stereocenters. The molecule has 2 heterocycles. The number of nitrogens with zero attached hydrogens (tertiary/aromatic N) is 1. The maximum atomic E-state index is 12.4. The lowest BCUT2D eigenvalue weighted by atomic mass is 9.99. The Hall–Kier alpha value is -0.520. The number of morpholine rings is 1. The first-order valence-electron chi connectivity index (χ1n) is 11.7. The van der Waals surface area contributed by atoms with E-state index in [-0.39, 0.29) is 5.97 Å². The van der Waals surface area contributed by atoms with Gasteiger partial charge in [0.15, 0.2) is 0 Å². The quantitative estimate of drug-likeness (QED) is 0.133. The van der Waals surface area contributed by atoms with Crippen molar-refractivity contribution in [3.05, 3.63) is 51.2 Å². The molecule has 0 radical (unpaired) electrons. The molecule has 1 aliphatic heterocycles. The Morgan fingerprint density at radius 1 is 1.23 bits per heavy atom. The molecule has 2 aliphatic rings. The van der Waals surface area contributed by atoms with Gasteiger partial charge < -0.3 is 14.2 Å². The van der Waals surface area contributed by atoms with Crippen LogP contribution in [0.5, 0.6) is 0 Å². The summed E-state index contributed by atoms with van der Waals surface area (Å²) >= 11 is 18.8. The third-order valence-electron chi connectivity index (χ3n) is 6.20. The second-order valence-corrected chi connectivity index (χ2v) is 13.0. The van der Waals surface area contributed by atoms with Crippen LogP contribution in [0.15, 0.2) is 41.3 Å². The third kappa shape index (κ3) is 8.23. The van der Waals surface area contributed by atoms with Crippen molar-refractivity contribution < 1.29 is 19.0 Å². The molecule has 2 fully saturated rings. The maximum Gasteiger partial charge on any atom is 0.348 e. The zero-order valence-electron chi connectivity index (χ0n) is 19.3. The number of rotatable bonds is 11. The summed E-state index contributed by atoms with van der Waals surface area (Å²) in [5.41, 5.74) is 0. The SMILES string of the molecule is O=C(OCCN1CCOCC1)c1ccc(COC[C@H]2C(Br)CC(=S)[C@@H]2CSc2ccc(Cl)cc2)s1. The Bertz CT molecular complexity index is 983. The Kier molecular flexibility index (Phi) is 10.9. The van der Waals surface area contributed by atoms with E-state index in [0.29, 0.717) is 41.4 Å². The summed E-state index contributed by atoms with van der Waals surface area (Å²) in [7, 11) is 0. The number of carbonyl (C=O) groups excluding carboxylic acids is 1. The minimum absolute atomic E-state index is 0.268. The summed E-state index contributed by atoms with van der Waals surface area (Å²) in [6.07, 6.45) is 0.897. The number of thioether (sulfide) groups is 1. The van der Waals surface area contributed by atoms with Crippen molar-refractivity contribution in [3.8, 4) is 0 Å². The maximum absolute atomic E-state index is 12.4. The molecule has 1 aliphatic carbocycles. The van der Waals surface area contributed by atoms with Gasteiger partial charge in [0.05, 0.1) is 26.4 Å². The Labute approximate surface area is 234 Å². The van der Waals surface area contributed by atoms with Gasteiger partial charge in [0.2, 0.25) is 0 Å². The summed E-state index contributed by atoms with van der Waals surface area (Å²) in [5.74, 6) is 1.30. The van der Waals surface area contributed by atoms with Gasteiger partial charge in [-0.3, -0.25) is 4.90 Å². The zero-order valence-corrected chi connectivity index (χ0v) is 24.1. The minimum Gasteiger partial charge on any atom is -0.460 e. The van der Waals surface area contributed by atoms with Crippen LogP contribution in [0.1, 0.15) is 21.0 Å². The van der Waals surface area contributed by atoms with Crippen molar-refractivity contribution in [3.63, 3.8) is 0 Å². The van der Waals surface area contributed by atoms with Gasteiger partial charge in [-0.25, -0.2) is 4.79 Å². The number of carbonyl (C=O) groups is 1. The van der Waals surface area contributed by atoms with Crippen LogP contribution in [-0.4, -0.2) is 72.4 Å². The normalized spacial score (nSPS) is 23.0. The van der Waals surface area contributed by atoms with E-state index in [1.54, 1.807) is 11.8 Å². The molecule has 5 nitrogen and oxygen atoms in total. The van der Waals surface area contributed by atoms with Gasteiger partial charge in [-0.1, -0.05) is 39.7 Å². The summed E-state index contributed by atoms with van der Waals surface area (Å²) in [4.78, 5) is 18.9. The van der Waals surface area contributed by atoms with Gasteiger partial charge in [-0.15, -0.1) is 23.1 Å². The van der Waals surface area contributed by atoms with E-state index in [1.807, 2.05) is 36.4 Å². The molecular formula is C25H29BrClNO4S3. The first-order chi connectivity index (χ1) is 17.0. The van der Waals surface area contributed by atoms with Crippen LogP contribution in [0.25, 0.3) is 0 Å². The van der Waals surface area contributed by atoms with Crippen molar-refractivity contribution >= 4 is 73.7 Å². The fraction of sp³-hybridized carbons (Fsp3) is 0.520. The van der Waals surface area contributed by atoms with E-state index in [9.17, 15) is 4.79 Å². The molecule has 0 amide bonds. The second-order valence-electron chi connectivity index (χ2n) is 8.59. The highest BCUT2D eigenvalue weighted by Gasteiger charge is 2.38. The summed E-state index contributed by atoms with van der Waals surface area (Å²) < 4.78 is 16.9. The van der Waals surface area contributed by atoms with Gasteiger partial charge in [-0.2, -0.15) is 0 Å². The third-order valence-corrected chi connectivity index (χ3v) is 10.1. The monoisotopic (exact) mass is 617 g/mol. The number of hydrogen-bond acceptors (Lipinski definition) is 8. The van der Waals surface area contributed by atoms with Crippen LogP contribution in [0, 0.1) is 11.8 Å². The van der Waals surface area contributed by atoms with Crippen LogP contribution in [0.3, 0.4) is 0 Å². The van der Waals surface area contributed by atoms with E-state index in [0.717, 1.165) is 59.8 Å². The van der Waals surface area contributed by atoms with Gasteiger partial charge in [0.25, 0.3) is 0 Å². The highest BCUT2D eigenvalue weighted by molar-refractivity contribution is 9.09. The fourth-order valence-corrected chi connectivity index (χ4v) is 7.91. The number of ether oxygens (including phenoxy) is 3. The minimum atomic E-state index is -0.268. The molecule has 1 saturated carbocycles. The van der Waals surface area contributed by atoms with Gasteiger partial charge >= 0.3 is 5.97 Å². The lowest BCUT2D eigenvalue weighted by Crippen LogP contribution is -2.38. The van der Waals surface area contributed by atoms with Crippen molar-refractivity contribution in [2.24, 2.45) is 11.8 Å². The van der Waals surface area contributed by atoms with Gasteiger partial charge in [0.1, 0.15) is 11.5 Å². The van der Waals surface area contributed by atoms with Crippen LogP contribution in [0.4, 0.5) is 0 Å². The summed E-state index contributed by atoms with van der Waals surface area (Å²) in [6, 6.07) is 11.7. The number of esters is 1. The molecule has 2 aromatic rings. The molecule has 1 aromatic heterocycles. The zero-order chi connectivity index (χ0) is 24.6. The van der Waals surface area contributed by atoms with E-state index >= 15 is 0 Å². The smallest absolute Gasteiger partial charge is 0.348 e. The molecule has 35 heavy (non-hydrogen) atoms. The van der Waals surface area contributed by atoms with Crippen LogP contribution < -0.4 is 0 Å². The topological polar surface area (TPSA) is 48.0 Å². The Balaban J connectivity index is 1.20. The predicted molar refractivity (Wildman–Crippen MR) is 151 cm³/mol. The molecule has 0 N–H and O–H groups in total. The van der Waals surface area contributed by atoms with Crippen molar-refractivity contribution in [1.82, 2.24) is 4.90 Å². The standard InChI is InChI=1S/C25H29BrClNO4S3/c26-22-13-23(33)21(16-34-18-3-1-17(27)2-4-18)20(22)15-31-14-19-5-6-24(35-19)25(29)32-12-9-28-7-10-30-11-8-28/h1-6,20-22H,7-16H2/t20-,21-,22?/m1/s1. The lowest BCUT2D eigenvalue weighted by molar-refractivity contribution is 0.0197. The molecule has 4 rings (SSSR count). The first kappa shape index (κ1) is 27.5. The number of halogens is 2. The second kappa shape index (κ2) is 13.9. The number of alkyl halides is 1. The molecular weight excluding hydrogens is 590 g/mol. The average molecular weight is 619 g/mol. The molecule has 0 bridgehead atoms. The van der Waals surface area contributed by atoms with Crippen LogP contribution >= 0.6 is 62.8 Å². The highest BCUT2D eigenvalue weighted by atomic mass is 79.9. The largest absolute Gasteiger partial charge is 0.460 e. The number of thiophene rings is 1. The van der Waals surface area contributed by atoms with E-state index in [1.165, 1.54) is 16.2 Å². The fourth-order valence-electron chi connectivity index (χ4n) is 4.16. The van der Waals surface area contributed by atoms with Crippen molar-refractivity contribution in [2.75, 3.05) is 51.8 Å². The van der Waals surface area contributed by atoms with E-state index in [4.69, 9.17) is 38.0 Å². The molecule has 1 aromatic carbocycles. The van der Waals surface area contributed by atoms with Crippen LogP contribution in [-0.2, 0) is 20.8 Å². The lowest BCUT2D eigenvalue weighted by Gasteiger charge is -2.26. The van der Waals surface area contributed by atoms with E-state index in [2.05, 4.69) is 20.8 Å². The molecule has 3 atom stereocenters. The average Bonchev–Trinajstić information content (AvgIpc) is 3.43. The molecule has 10 heteroatoms. The summed E-state index contributed by atoms with van der Waals surface area (Å²) in [6.45, 7) is 5.50. The van der Waals surface area contributed by atoms with Crippen LogP contribution in [0.2, 0.25) is 5.02 Å². The first-order valence-corrected chi connectivity index (χ1v) is 15.2. The van der Waals surface area contributed by atoms with Crippen molar-refractivity contribution in [2.45, 2.75) is 22.8 Å². The highest BCUT2D eigenvalue weighted by Crippen LogP contribution is 2.39. The van der Waals surface area contributed by atoms with E-state index < -0.39 is 0 Å². The molecule has 0 spiro atoms. The number of benzene rings is 1. The molecule has 190 valence electrons. The summed E-state index contributed by atoms with van der Waals surface area (Å²) in [5, 5.41) is 0.746. The predicted octanol–water partition coefficient (Wildman–Crippen LogP) is 5.97. The Morgan fingerprint density at radius 3 is 2.77 bits per heavy atom. The van der Waals surface area contributed by atoms with Gasteiger partial charge in [0, 0.05) is 56.8 Å². The number of hydrogen-bond donors (Lipinski definition) is 0. The number of thiocarbonyl (C=S) groups is 1. The van der Waals surface area contributed by atoms with Gasteiger partial charge in [-0.05, 0) is 47.7 Å².